The van der Waals surface area contributed by atoms with E-state index in [1.54, 1.807) is 0 Å². The van der Waals surface area contributed by atoms with Crippen molar-refractivity contribution in [3.05, 3.63) is 35.9 Å². The predicted octanol–water partition coefficient (Wildman–Crippen LogP) is 4.11. The van der Waals surface area contributed by atoms with Crippen molar-refractivity contribution in [2.75, 3.05) is 12.8 Å². The molecule has 0 fully saturated rings. The van der Waals surface area contributed by atoms with Gasteiger partial charge in [0, 0.05) is 11.3 Å². The smallest absolute Gasteiger partial charge is 0.0435 e. The second kappa shape index (κ2) is 7.78. The van der Waals surface area contributed by atoms with Crippen molar-refractivity contribution in [3.63, 3.8) is 0 Å². The van der Waals surface area contributed by atoms with Gasteiger partial charge in [-0.15, -0.1) is 0 Å². The van der Waals surface area contributed by atoms with Gasteiger partial charge in [0.25, 0.3) is 0 Å². The summed E-state index contributed by atoms with van der Waals surface area (Å²) in [5.74, 6) is 2.07. The van der Waals surface area contributed by atoms with Gasteiger partial charge in [-0.2, -0.15) is 11.8 Å². The molecule has 3 atom stereocenters. The largest absolute Gasteiger partial charge is 0.312 e. The van der Waals surface area contributed by atoms with E-state index >= 15 is 0 Å². The molecule has 0 bridgehead atoms. The third-order valence-corrected chi connectivity index (χ3v) is 4.84. The minimum Gasteiger partial charge on any atom is -0.312 e. The van der Waals surface area contributed by atoms with Gasteiger partial charge in [-0.25, -0.2) is 0 Å². The number of rotatable bonds is 7. The molecule has 0 aliphatic carbocycles. The van der Waals surface area contributed by atoms with Gasteiger partial charge in [0.1, 0.15) is 0 Å². The number of hydrogen-bond donors (Lipinski definition) is 1. The molecule has 0 saturated heterocycles. The van der Waals surface area contributed by atoms with Crippen molar-refractivity contribution in [2.45, 2.75) is 38.5 Å². The van der Waals surface area contributed by atoms with Gasteiger partial charge in [-0.3, -0.25) is 0 Å². The zero-order valence-electron chi connectivity index (χ0n) is 11.4. The molecule has 0 radical (unpaired) electrons. The summed E-state index contributed by atoms with van der Waals surface area (Å²) in [5.41, 5.74) is 1.39. The Labute approximate surface area is 110 Å². The molecule has 0 aliphatic heterocycles. The van der Waals surface area contributed by atoms with Gasteiger partial charge in [-0.05, 0) is 24.3 Å². The van der Waals surface area contributed by atoms with Crippen LogP contribution in [0.2, 0.25) is 0 Å². The molecule has 1 nitrogen and oxygen atoms in total. The van der Waals surface area contributed by atoms with E-state index < -0.39 is 0 Å². The Kier molecular flexibility index (Phi) is 6.68. The average Bonchev–Trinajstić information content (AvgIpc) is 2.38. The molecule has 0 amide bonds. The molecular weight excluding hydrogens is 226 g/mol. The van der Waals surface area contributed by atoms with E-state index in [2.05, 4.69) is 75.2 Å². The maximum absolute atomic E-state index is 3.44. The van der Waals surface area contributed by atoms with Crippen molar-refractivity contribution in [1.82, 2.24) is 5.32 Å². The lowest BCUT2D eigenvalue weighted by Crippen LogP contribution is -2.25. The lowest BCUT2D eigenvalue weighted by molar-refractivity contribution is 0.583. The first-order valence-electron chi connectivity index (χ1n) is 6.52. The fourth-order valence-electron chi connectivity index (χ4n) is 1.86. The highest BCUT2D eigenvalue weighted by molar-refractivity contribution is 7.99. The molecule has 0 aliphatic rings. The molecule has 96 valence electrons. The standard InChI is InChI=1S/C15H25NS/c1-5-12(2)11-17-13(3)15(16-4)14-9-7-6-8-10-14/h6-10,12-13,15-16H,5,11H2,1-4H3. The number of hydrogen-bond acceptors (Lipinski definition) is 2. The molecule has 1 N–H and O–H groups in total. The minimum absolute atomic E-state index is 0.449. The Balaban J connectivity index is 2.56. The van der Waals surface area contributed by atoms with Crippen LogP contribution in [0.1, 0.15) is 38.8 Å². The zero-order chi connectivity index (χ0) is 12.7. The Morgan fingerprint density at radius 2 is 1.82 bits per heavy atom. The van der Waals surface area contributed by atoms with Gasteiger partial charge >= 0.3 is 0 Å². The molecule has 0 saturated carbocycles. The fourth-order valence-corrected chi connectivity index (χ4v) is 3.22. The highest BCUT2D eigenvalue weighted by Gasteiger charge is 2.18. The van der Waals surface area contributed by atoms with Gasteiger partial charge in [0.05, 0.1) is 0 Å². The molecule has 17 heavy (non-hydrogen) atoms. The molecule has 1 aromatic rings. The minimum atomic E-state index is 0.449. The maximum atomic E-state index is 3.44. The monoisotopic (exact) mass is 251 g/mol. The van der Waals surface area contributed by atoms with Crippen LogP contribution >= 0.6 is 11.8 Å². The number of benzene rings is 1. The Hall–Kier alpha value is -0.470. The summed E-state index contributed by atoms with van der Waals surface area (Å²) in [6.45, 7) is 6.92. The fraction of sp³-hybridized carbons (Fsp3) is 0.600. The topological polar surface area (TPSA) is 12.0 Å². The van der Waals surface area contributed by atoms with Gasteiger partial charge in [0.2, 0.25) is 0 Å². The average molecular weight is 251 g/mol. The van der Waals surface area contributed by atoms with Crippen LogP contribution in [0.4, 0.5) is 0 Å². The normalized spacial score (nSPS) is 16.5. The maximum Gasteiger partial charge on any atom is 0.0435 e. The molecule has 0 spiro atoms. The van der Waals surface area contributed by atoms with Crippen LogP contribution in [-0.2, 0) is 0 Å². The lowest BCUT2D eigenvalue weighted by Gasteiger charge is -2.24. The first kappa shape index (κ1) is 14.6. The van der Waals surface area contributed by atoms with Crippen LogP contribution in [0.5, 0.6) is 0 Å². The van der Waals surface area contributed by atoms with Crippen molar-refractivity contribution >= 4 is 11.8 Å². The van der Waals surface area contributed by atoms with E-state index in [9.17, 15) is 0 Å². The van der Waals surface area contributed by atoms with Crippen LogP contribution in [0.15, 0.2) is 30.3 Å². The highest BCUT2D eigenvalue weighted by Crippen LogP contribution is 2.27. The quantitative estimate of drug-likeness (QED) is 0.782. The van der Waals surface area contributed by atoms with Gasteiger partial charge in [-0.1, -0.05) is 57.5 Å². The third-order valence-electron chi connectivity index (χ3n) is 3.28. The second-order valence-corrected chi connectivity index (χ2v) is 6.14. The van der Waals surface area contributed by atoms with Crippen LogP contribution < -0.4 is 5.32 Å². The third kappa shape index (κ3) is 4.72. The second-order valence-electron chi connectivity index (χ2n) is 4.73. The van der Waals surface area contributed by atoms with Crippen LogP contribution in [0, 0.1) is 5.92 Å². The molecule has 3 unspecified atom stereocenters. The Morgan fingerprint density at radius 1 is 1.18 bits per heavy atom. The SMILES string of the molecule is CCC(C)CSC(C)C(NC)c1ccccc1. The van der Waals surface area contributed by atoms with E-state index in [0.717, 1.165) is 5.92 Å². The van der Waals surface area contributed by atoms with Crippen molar-refractivity contribution in [1.29, 1.82) is 0 Å². The predicted molar refractivity (Wildman–Crippen MR) is 79.6 cm³/mol. The number of nitrogens with one attached hydrogen (secondary N) is 1. The molecule has 1 rings (SSSR count). The summed E-state index contributed by atoms with van der Waals surface area (Å²) in [7, 11) is 2.05. The van der Waals surface area contributed by atoms with E-state index in [0.29, 0.717) is 11.3 Å². The van der Waals surface area contributed by atoms with E-state index in [1.165, 1.54) is 17.7 Å². The van der Waals surface area contributed by atoms with E-state index in [1.807, 2.05) is 0 Å². The summed E-state index contributed by atoms with van der Waals surface area (Å²) in [6, 6.07) is 11.2. The molecule has 2 heteroatoms. The first-order valence-corrected chi connectivity index (χ1v) is 7.57. The summed E-state index contributed by atoms with van der Waals surface area (Å²) >= 11 is 2.07. The number of thioether (sulfide) groups is 1. The zero-order valence-corrected chi connectivity index (χ0v) is 12.3. The Bertz CT molecular complexity index is 299. The van der Waals surface area contributed by atoms with Gasteiger partial charge < -0.3 is 5.32 Å². The van der Waals surface area contributed by atoms with Crippen molar-refractivity contribution in [3.8, 4) is 0 Å². The van der Waals surface area contributed by atoms with Crippen LogP contribution in [0.25, 0.3) is 0 Å². The van der Waals surface area contributed by atoms with Gasteiger partial charge in [0.15, 0.2) is 0 Å². The van der Waals surface area contributed by atoms with Crippen LogP contribution in [-0.4, -0.2) is 18.1 Å². The molecule has 0 heterocycles. The lowest BCUT2D eigenvalue weighted by atomic mass is 10.0. The molecule has 0 aromatic heterocycles. The molecule has 1 aromatic carbocycles. The van der Waals surface area contributed by atoms with Crippen molar-refractivity contribution < 1.29 is 0 Å². The molecular formula is C15H25NS. The first-order chi connectivity index (χ1) is 8.19. The summed E-state index contributed by atoms with van der Waals surface area (Å²) in [5, 5.41) is 4.05. The Morgan fingerprint density at radius 3 is 2.35 bits per heavy atom. The highest BCUT2D eigenvalue weighted by atomic mass is 32.2. The summed E-state index contributed by atoms with van der Waals surface area (Å²) < 4.78 is 0. The summed E-state index contributed by atoms with van der Waals surface area (Å²) in [4.78, 5) is 0. The van der Waals surface area contributed by atoms with E-state index in [4.69, 9.17) is 0 Å². The van der Waals surface area contributed by atoms with Crippen molar-refractivity contribution in [2.24, 2.45) is 5.92 Å². The van der Waals surface area contributed by atoms with Crippen LogP contribution in [0.3, 0.4) is 0 Å². The van der Waals surface area contributed by atoms with E-state index in [-0.39, 0.29) is 0 Å². The summed E-state index contributed by atoms with van der Waals surface area (Å²) in [6.07, 6.45) is 1.27.